The summed E-state index contributed by atoms with van der Waals surface area (Å²) in [6.07, 6.45) is 34.0. The van der Waals surface area contributed by atoms with Gasteiger partial charge in [0.05, 0.1) is 143 Å². The number of unbranched alkanes of at least 4 members (excludes halogenated alkanes) is 12. The first kappa shape index (κ1) is 106. The highest BCUT2D eigenvalue weighted by Gasteiger charge is 2.19. The van der Waals surface area contributed by atoms with Crippen molar-refractivity contribution in [3.8, 4) is 11.5 Å². The summed E-state index contributed by atoms with van der Waals surface area (Å²) >= 11 is 11.9. The lowest BCUT2D eigenvalue weighted by Crippen LogP contribution is -2.34. The smallest absolute Gasteiger partial charge is 0.350 e. The molecule has 0 saturated heterocycles. The number of phenolic OH excluding ortho intramolecular Hbond substituents is 2. The van der Waals surface area contributed by atoms with Crippen molar-refractivity contribution in [1.29, 1.82) is 0 Å². The van der Waals surface area contributed by atoms with Gasteiger partial charge in [-0.3, -0.25) is 0 Å². The lowest BCUT2D eigenvalue weighted by atomic mass is 10.2. The summed E-state index contributed by atoms with van der Waals surface area (Å²) in [5.74, 6) is 7.10. The molecular formula is C114H126Cl2N28O2+8. The molecule has 740 valence electrons. The van der Waals surface area contributed by atoms with Gasteiger partial charge in [-0.05, 0) is 386 Å². The van der Waals surface area contributed by atoms with E-state index in [1.54, 1.807) is 48.5 Å². The topological polar surface area (TPSA) is 345 Å². The number of nitrogens with zero attached hydrogens (tertiary/aromatic N) is 24. The van der Waals surface area contributed by atoms with Gasteiger partial charge in [0.1, 0.15) is 57.0 Å². The van der Waals surface area contributed by atoms with Crippen LogP contribution in [0.3, 0.4) is 0 Å². The first-order chi connectivity index (χ1) is 71.8. The van der Waals surface area contributed by atoms with Crippen LogP contribution in [0.4, 0.5) is 115 Å². The van der Waals surface area contributed by atoms with Gasteiger partial charge in [0.2, 0.25) is 0 Å². The first-order valence-electron chi connectivity index (χ1n) is 49.3. The van der Waals surface area contributed by atoms with E-state index in [0.29, 0.717) is 32.8 Å². The number of phenols is 2. The Morgan fingerprint density at radius 2 is 0.342 bits per heavy atom. The molecule has 16 aromatic rings. The SMILES string of the molecule is CNc1ccc(N=Nc2cccc[n+]2CCCCCC[n+]2ccccc2N=Nc2ccc(NC)cc2)cc1.Clc1ccc(N=Nc2cccc[n+]2CCCCCC[n+]2ccccc2N=Nc2ccc(Cl)cc2)cc1.Nc1ccc(N=Nc2cccc[n+]2CCCCCC[n+]2ccccc2N=Nc2ccc(N)cc2)cc1.Oc1ccc(N=Nc2cccc[n+]2CCCCCC[n+]2ccccc2N=Nc2ccc(O)cc2)cc1. The van der Waals surface area contributed by atoms with Gasteiger partial charge in [-0.15, -0.1) is 0 Å². The standard InChI is InChI=1S/C30H34N8.C28H28Cl2N6.C28H30N8.C28H28N6O2/c1-31-25-13-17-27(18-14-25)33-35-29-11-5-9-23-37(29)21-7-3-4-8-22-38-24-10-6-12-30(38)36-34-28-19-15-26(32-2)16-20-28;2*29-23-11-15-25(16-12-23)31-33-27-9-3-7-21-35(27)19-5-1-2-6-20-36-22-8-4-10-28(36)34-32-26-17-13-24(30)14-18-26;35-25-15-11-23(12-16-25)29-31-27-9-3-7-21-33(27)19-5-1-2-6-20-34-22-8-4-10-28(34)32-30-24-13-17-26(36)18-14-24/h5-6,9-20,23-24H,3-4,7-8,21-22H2,1-2H3;3-4,7-18,21-22H,1-2,5-6,19-20H2;3-4,7-18,21-22,29-30H,1-2,5-6,19-20H2;3-4,7-18,21-22H,1-2,5-6,19-20H2/q;+2;;/p+6. The molecule has 0 spiro atoms. The fourth-order valence-corrected chi connectivity index (χ4v) is 15.3. The Labute approximate surface area is 863 Å². The summed E-state index contributed by atoms with van der Waals surface area (Å²) in [7, 11) is 3.81. The van der Waals surface area contributed by atoms with Gasteiger partial charge in [0, 0.05) is 95.4 Å². The van der Waals surface area contributed by atoms with Crippen LogP contribution in [0.5, 0.6) is 11.5 Å². The molecule has 8 aromatic carbocycles. The number of nitrogens with two attached hydrogens (primary N) is 2. The van der Waals surface area contributed by atoms with Crippen molar-refractivity contribution in [2.24, 2.45) is 81.8 Å². The molecule has 146 heavy (non-hydrogen) atoms. The molecule has 0 aliphatic rings. The highest BCUT2D eigenvalue weighted by molar-refractivity contribution is 6.30. The van der Waals surface area contributed by atoms with Crippen molar-refractivity contribution in [3.05, 3.63) is 399 Å². The molecule has 8 heterocycles. The third kappa shape index (κ3) is 37.9. The second-order valence-electron chi connectivity index (χ2n) is 34.0. The summed E-state index contributed by atoms with van der Waals surface area (Å²) in [6, 6.07) is 106. The average molecular weight is 1990 g/mol. The number of nitrogens with one attached hydrogen (secondary N) is 2. The van der Waals surface area contributed by atoms with E-state index in [4.69, 9.17) is 34.7 Å². The maximum absolute atomic E-state index is 9.40. The third-order valence-corrected chi connectivity index (χ3v) is 23.6. The number of aryl methyl sites for hydroxylation is 8. The molecule has 0 bridgehead atoms. The van der Waals surface area contributed by atoms with Gasteiger partial charge in [-0.2, -0.15) is 0 Å². The highest BCUT2D eigenvalue weighted by Crippen LogP contribution is 2.29. The molecule has 32 heteroatoms. The zero-order valence-electron chi connectivity index (χ0n) is 82.5. The number of aromatic hydroxyl groups is 2. The van der Waals surface area contributed by atoms with E-state index in [1.165, 1.54) is 0 Å². The van der Waals surface area contributed by atoms with E-state index in [2.05, 4.69) is 154 Å². The number of halogens is 2. The van der Waals surface area contributed by atoms with Crippen LogP contribution >= 0.6 is 23.2 Å². The minimum atomic E-state index is 0.212. The zero-order valence-corrected chi connectivity index (χ0v) is 84.0. The third-order valence-electron chi connectivity index (χ3n) is 23.1. The molecule has 30 nitrogen and oxygen atoms in total. The summed E-state index contributed by atoms with van der Waals surface area (Å²) in [6.45, 7) is 7.16. The van der Waals surface area contributed by atoms with Crippen LogP contribution in [0.25, 0.3) is 0 Å². The Hall–Kier alpha value is -16.9. The monoisotopic (exact) mass is 1990 g/mol. The van der Waals surface area contributed by atoms with E-state index in [0.717, 1.165) is 247 Å². The van der Waals surface area contributed by atoms with Crippen molar-refractivity contribution >= 4 is 138 Å². The Kier molecular flexibility index (Phi) is 44.1. The minimum absolute atomic E-state index is 0.212. The quantitative estimate of drug-likeness (QED) is 0.00931. The highest BCUT2D eigenvalue weighted by atomic mass is 35.5. The van der Waals surface area contributed by atoms with E-state index >= 15 is 0 Å². The molecule has 0 unspecified atom stereocenters. The van der Waals surface area contributed by atoms with Crippen molar-refractivity contribution in [2.75, 3.05) is 36.2 Å². The number of benzene rings is 8. The first-order valence-corrected chi connectivity index (χ1v) is 50.1. The number of pyridine rings is 8. The van der Waals surface area contributed by atoms with Crippen LogP contribution in [0.2, 0.25) is 10.0 Å². The number of azo groups is 8. The van der Waals surface area contributed by atoms with E-state index in [1.807, 2.05) is 330 Å². The molecule has 0 fully saturated rings. The van der Waals surface area contributed by atoms with E-state index in [-0.39, 0.29) is 11.5 Å². The maximum atomic E-state index is 9.40. The number of aromatic nitrogens is 8. The molecule has 0 amide bonds. The van der Waals surface area contributed by atoms with Crippen LogP contribution in [-0.4, -0.2) is 24.3 Å². The van der Waals surface area contributed by atoms with Crippen molar-refractivity contribution in [2.45, 2.75) is 155 Å². The normalized spacial score (nSPS) is 11.4. The van der Waals surface area contributed by atoms with Crippen molar-refractivity contribution in [3.63, 3.8) is 0 Å². The molecule has 0 radical (unpaired) electrons. The van der Waals surface area contributed by atoms with Gasteiger partial charge in [-0.25, -0.2) is 36.5 Å². The molecule has 8 N–H and O–H groups in total. The van der Waals surface area contributed by atoms with Crippen LogP contribution in [-0.2, 0) is 52.4 Å². The van der Waals surface area contributed by atoms with Gasteiger partial charge >= 0.3 is 46.5 Å². The van der Waals surface area contributed by atoms with Gasteiger partial charge in [0.25, 0.3) is 0 Å². The molecule has 0 saturated carbocycles. The molecule has 0 atom stereocenters. The van der Waals surface area contributed by atoms with Gasteiger partial charge in [0.15, 0.2) is 0 Å². The van der Waals surface area contributed by atoms with E-state index < -0.39 is 0 Å². The Bertz CT molecular complexity index is 6000. The molecular weight excluding hydrogens is 1860 g/mol. The fourth-order valence-electron chi connectivity index (χ4n) is 15.0. The van der Waals surface area contributed by atoms with E-state index in [9.17, 15) is 10.2 Å². The summed E-state index contributed by atoms with van der Waals surface area (Å²) < 4.78 is 17.1. The molecule has 0 aliphatic heterocycles. The Balaban J connectivity index is 0.000000163. The molecule has 16 rings (SSSR count). The van der Waals surface area contributed by atoms with Crippen molar-refractivity contribution < 1.29 is 46.7 Å². The number of nitrogen functional groups attached to an aromatic ring is 2. The Morgan fingerprint density at radius 3 is 0.507 bits per heavy atom. The van der Waals surface area contributed by atoms with Crippen molar-refractivity contribution in [1.82, 2.24) is 0 Å². The fraction of sp³-hybridized carbons (Fsp3) is 0.228. The zero-order chi connectivity index (χ0) is 101. The number of rotatable bonds is 46. The molecule has 8 aromatic heterocycles. The van der Waals surface area contributed by atoms with Crippen LogP contribution in [0, 0.1) is 0 Å². The predicted octanol–water partition coefficient (Wildman–Crippen LogP) is 29.4. The second-order valence-corrected chi connectivity index (χ2v) is 34.9. The lowest BCUT2D eigenvalue weighted by molar-refractivity contribution is -0.686. The summed E-state index contributed by atoms with van der Waals surface area (Å²) in [4.78, 5) is 0. The van der Waals surface area contributed by atoms with Gasteiger partial charge < -0.3 is 32.3 Å². The largest absolute Gasteiger partial charge is 0.508 e. The van der Waals surface area contributed by atoms with Crippen LogP contribution in [0.15, 0.2) is 471 Å². The summed E-state index contributed by atoms with van der Waals surface area (Å²) in [5, 5.41) is 96.6. The Morgan fingerprint density at radius 1 is 0.192 bits per heavy atom. The second kappa shape index (κ2) is 60.4. The number of hydrogen-bond acceptors (Lipinski definition) is 22. The van der Waals surface area contributed by atoms with Crippen LogP contribution in [0.1, 0.15) is 103 Å². The summed E-state index contributed by atoms with van der Waals surface area (Å²) in [5.41, 5.74) is 21.2. The van der Waals surface area contributed by atoms with Crippen LogP contribution < -0.4 is 58.6 Å². The minimum Gasteiger partial charge on any atom is -0.508 e. The predicted molar refractivity (Wildman–Crippen MR) is 573 cm³/mol. The average Bonchev–Trinajstić information content (AvgIpc) is 0.891. The number of anilines is 4. The van der Waals surface area contributed by atoms with Gasteiger partial charge in [-0.1, -0.05) is 71.7 Å². The molecule has 0 aliphatic carbocycles. The number of hydrogen-bond donors (Lipinski definition) is 6. The maximum Gasteiger partial charge on any atom is 0.350 e. The lowest BCUT2D eigenvalue weighted by Gasteiger charge is -2.03.